The van der Waals surface area contributed by atoms with Crippen LogP contribution < -0.4 is 11.1 Å². The SMILES string of the molecule is NC(=S)c1cccc(Nc2cc(Br)ccc2F)n1. The predicted molar refractivity (Wildman–Crippen MR) is 77.5 cm³/mol. The van der Waals surface area contributed by atoms with Crippen LogP contribution in [0.25, 0.3) is 0 Å². The summed E-state index contributed by atoms with van der Waals surface area (Å²) >= 11 is 8.12. The molecule has 0 fully saturated rings. The zero-order valence-corrected chi connectivity index (χ0v) is 11.6. The number of halogens is 2. The highest BCUT2D eigenvalue weighted by Crippen LogP contribution is 2.23. The molecular weight excluding hydrogens is 317 g/mol. The molecule has 1 aromatic heterocycles. The Balaban J connectivity index is 2.31. The maximum absolute atomic E-state index is 13.6. The smallest absolute Gasteiger partial charge is 0.146 e. The lowest BCUT2D eigenvalue weighted by atomic mass is 10.3. The summed E-state index contributed by atoms with van der Waals surface area (Å²) in [5.74, 6) is 0.123. The van der Waals surface area contributed by atoms with Gasteiger partial charge in [0.05, 0.1) is 11.4 Å². The molecule has 0 spiro atoms. The van der Waals surface area contributed by atoms with E-state index in [0.717, 1.165) is 4.47 Å². The van der Waals surface area contributed by atoms with E-state index in [9.17, 15) is 4.39 Å². The van der Waals surface area contributed by atoms with Gasteiger partial charge in [-0.3, -0.25) is 0 Å². The number of aromatic nitrogens is 1. The van der Waals surface area contributed by atoms with Gasteiger partial charge in [-0.25, -0.2) is 9.37 Å². The Morgan fingerprint density at radius 1 is 1.33 bits per heavy atom. The monoisotopic (exact) mass is 325 g/mol. The second-order valence-corrected chi connectivity index (χ2v) is 4.88. The Morgan fingerprint density at radius 2 is 2.11 bits per heavy atom. The number of anilines is 2. The summed E-state index contributed by atoms with van der Waals surface area (Å²) in [6.45, 7) is 0. The number of pyridine rings is 1. The van der Waals surface area contributed by atoms with Crippen LogP contribution in [0.4, 0.5) is 15.9 Å². The Bertz CT molecular complexity index is 604. The van der Waals surface area contributed by atoms with E-state index in [1.165, 1.54) is 6.07 Å². The summed E-state index contributed by atoms with van der Waals surface area (Å²) in [6, 6.07) is 9.78. The van der Waals surface area contributed by atoms with Crippen LogP contribution in [0.15, 0.2) is 40.9 Å². The molecule has 2 rings (SSSR count). The standard InChI is InChI=1S/C12H9BrFN3S/c13-7-4-5-8(14)10(6-7)17-11-3-1-2-9(16-11)12(15)18/h1-6H,(H2,15,18)(H,16,17). The minimum atomic E-state index is -0.360. The normalized spacial score (nSPS) is 10.1. The molecule has 0 saturated carbocycles. The van der Waals surface area contributed by atoms with Crippen molar-refractivity contribution in [2.75, 3.05) is 5.32 Å². The lowest BCUT2D eigenvalue weighted by Crippen LogP contribution is -2.12. The van der Waals surface area contributed by atoms with Crippen LogP contribution in [0, 0.1) is 5.82 Å². The molecule has 3 N–H and O–H groups in total. The summed E-state index contributed by atoms with van der Waals surface area (Å²) in [7, 11) is 0. The summed E-state index contributed by atoms with van der Waals surface area (Å²) < 4.78 is 14.3. The van der Waals surface area contributed by atoms with Crippen LogP contribution in [0.2, 0.25) is 0 Å². The molecule has 18 heavy (non-hydrogen) atoms. The molecule has 1 heterocycles. The Labute approximate surface area is 117 Å². The van der Waals surface area contributed by atoms with Crippen LogP contribution in [0.5, 0.6) is 0 Å². The molecule has 1 aromatic carbocycles. The molecule has 2 aromatic rings. The third-order valence-corrected chi connectivity index (χ3v) is 2.90. The zero-order chi connectivity index (χ0) is 13.1. The van der Waals surface area contributed by atoms with E-state index in [2.05, 4.69) is 26.2 Å². The van der Waals surface area contributed by atoms with E-state index in [1.54, 1.807) is 30.3 Å². The van der Waals surface area contributed by atoms with Gasteiger partial charge in [0.25, 0.3) is 0 Å². The Morgan fingerprint density at radius 3 is 2.83 bits per heavy atom. The van der Waals surface area contributed by atoms with Gasteiger partial charge in [0.1, 0.15) is 16.6 Å². The molecule has 0 atom stereocenters. The van der Waals surface area contributed by atoms with Gasteiger partial charge < -0.3 is 11.1 Å². The molecule has 0 aliphatic carbocycles. The molecular formula is C12H9BrFN3S. The van der Waals surface area contributed by atoms with Gasteiger partial charge in [-0.15, -0.1) is 0 Å². The minimum absolute atomic E-state index is 0.202. The first-order valence-corrected chi connectivity index (χ1v) is 6.25. The molecule has 3 nitrogen and oxygen atoms in total. The fraction of sp³-hybridized carbons (Fsp3) is 0. The third-order valence-electron chi connectivity index (χ3n) is 2.19. The van der Waals surface area contributed by atoms with Gasteiger partial charge >= 0.3 is 0 Å². The van der Waals surface area contributed by atoms with Gasteiger partial charge in [0.15, 0.2) is 0 Å². The molecule has 0 unspecified atom stereocenters. The first-order valence-electron chi connectivity index (χ1n) is 5.05. The fourth-order valence-electron chi connectivity index (χ4n) is 1.37. The van der Waals surface area contributed by atoms with Gasteiger partial charge in [0, 0.05) is 4.47 Å². The molecule has 0 bridgehead atoms. The van der Waals surface area contributed by atoms with Crippen molar-refractivity contribution in [3.05, 3.63) is 52.4 Å². The van der Waals surface area contributed by atoms with Crippen LogP contribution in [0.1, 0.15) is 5.69 Å². The van der Waals surface area contributed by atoms with E-state index < -0.39 is 0 Å². The first-order chi connectivity index (χ1) is 8.56. The van der Waals surface area contributed by atoms with Crippen molar-refractivity contribution < 1.29 is 4.39 Å². The van der Waals surface area contributed by atoms with Crippen molar-refractivity contribution in [2.45, 2.75) is 0 Å². The number of hydrogen-bond acceptors (Lipinski definition) is 3. The number of benzene rings is 1. The van der Waals surface area contributed by atoms with Crippen LogP contribution in [-0.4, -0.2) is 9.97 Å². The van der Waals surface area contributed by atoms with Crippen molar-refractivity contribution in [2.24, 2.45) is 5.73 Å². The quantitative estimate of drug-likeness (QED) is 0.849. The van der Waals surface area contributed by atoms with Gasteiger partial charge in [-0.2, -0.15) is 0 Å². The second kappa shape index (κ2) is 5.41. The molecule has 0 radical (unpaired) electrons. The first kappa shape index (κ1) is 12.9. The maximum atomic E-state index is 13.6. The van der Waals surface area contributed by atoms with Gasteiger partial charge in [-0.05, 0) is 30.3 Å². The number of nitrogens with one attached hydrogen (secondary N) is 1. The summed E-state index contributed by atoms with van der Waals surface area (Å²) in [5.41, 5.74) is 6.31. The number of nitrogens with zero attached hydrogens (tertiary/aromatic N) is 1. The van der Waals surface area contributed by atoms with Crippen molar-refractivity contribution in [1.82, 2.24) is 4.98 Å². The maximum Gasteiger partial charge on any atom is 0.146 e. The van der Waals surface area contributed by atoms with Gasteiger partial charge in [-0.1, -0.05) is 34.2 Å². The third kappa shape index (κ3) is 3.02. The summed E-state index contributed by atoms with van der Waals surface area (Å²) in [5, 5.41) is 2.88. The van der Waals surface area contributed by atoms with E-state index in [4.69, 9.17) is 18.0 Å². The number of nitrogens with two attached hydrogens (primary N) is 1. The summed E-state index contributed by atoms with van der Waals surface area (Å²) in [6.07, 6.45) is 0. The largest absolute Gasteiger partial charge is 0.388 e. The lowest BCUT2D eigenvalue weighted by Gasteiger charge is -2.08. The number of hydrogen-bond donors (Lipinski definition) is 2. The average Bonchev–Trinajstić information content (AvgIpc) is 2.34. The highest BCUT2D eigenvalue weighted by atomic mass is 79.9. The molecule has 0 aliphatic rings. The number of rotatable bonds is 3. The van der Waals surface area contributed by atoms with E-state index >= 15 is 0 Å². The van der Waals surface area contributed by atoms with Crippen molar-refractivity contribution in [3.8, 4) is 0 Å². The van der Waals surface area contributed by atoms with Crippen LogP contribution >= 0.6 is 28.1 Å². The van der Waals surface area contributed by atoms with Crippen molar-refractivity contribution in [1.29, 1.82) is 0 Å². The lowest BCUT2D eigenvalue weighted by molar-refractivity contribution is 0.631. The van der Waals surface area contributed by atoms with Crippen LogP contribution in [0.3, 0.4) is 0 Å². The Kier molecular flexibility index (Phi) is 3.88. The van der Waals surface area contributed by atoms with Crippen molar-refractivity contribution in [3.63, 3.8) is 0 Å². The topological polar surface area (TPSA) is 50.9 Å². The van der Waals surface area contributed by atoms with E-state index in [-0.39, 0.29) is 10.8 Å². The highest BCUT2D eigenvalue weighted by Gasteiger charge is 2.05. The van der Waals surface area contributed by atoms with Crippen molar-refractivity contribution >= 4 is 44.6 Å². The Hall–Kier alpha value is -1.53. The zero-order valence-electron chi connectivity index (χ0n) is 9.15. The average molecular weight is 326 g/mol. The number of thiocarbonyl (C=S) groups is 1. The minimum Gasteiger partial charge on any atom is -0.388 e. The molecule has 0 amide bonds. The molecule has 0 saturated heterocycles. The summed E-state index contributed by atoms with van der Waals surface area (Å²) in [4.78, 5) is 4.38. The molecule has 92 valence electrons. The van der Waals surface area contributed by atoms with Gasteiger partial charge in [0.2, 0.25) is 0 Å². The second-order valence-electron chi connectivity index (χ2n) is 3.52. The molecule has 0 aliphatic heterocycles. The molecule has 6 heteroatoms. The highest BCUT2D eigenvalue weighted by molar-refractivity contribution is 9.10. The fourth-order valence-corrected chi connectivity index (χ4v) is 1.85. The van der Waals surface area contributed by atoms with E-state index in [0.29, 0.717) is 17.2 Å². The van der Waals surface area contributed by atoms with E-state index in [1.807, 2.05) is 0 Å². The van der Waals surface area contributed by atoms with Crippen LogP contribution in [-0.2, 0) is 0 Å². The predicted octanol–water partition coefficient (Wildman–Crippen LogP) is 3.36.